The predicted molar refractivity (Wildman–Crippen MR) is 76.6 cm³/mol. The molecule has 0 spiro atoms. The lowest BCUT2D eigenvalue weighted by Crippen LogP contribution is -2.28. The second kappa shape index (κ2) is 6.87. The molecule has 25 heavy (non-hydrogen) atoms. The van der Waals surface area contributed by atoms with Gasteiger partial charge in [-0.15, -0.1) is 0 Å². The van der Waals surface area contributed by atoms with Gasteiger partial charge in [-0.25, -0.2) is 0 Å². The highest BCUT2D eigenvalue weighted by molar-refractivity contribution is 5.71. The van der Waals surface area contributed by atoms with Crippen molar-refractivity contribution in [2.24, 2.45) is 0 Å². The molecular formula is C15H13F6N3O. The van der Waals surface area contributed by atoms with Crippen LogP contribution in [0.1, 0.15) is 16.8 Å². The third-order valence-corrected chi connectivity index (χ3v) is 3.25. The van der Waals surface area contributed by atoms with Crippen molar-refractivity contribution < 1.29 is 31.4 Å². The number of aryl methyl sites for hydroxylation is 1. The largest absolute Gasteiger partial charge is 0.507 e. The Labute approximate surface area is 138 Å². The van der Waals surface area contributed by atoms with E-state index in [9.17, 15) is 31.4 Å². The van der Waals surface area contributed by atoms with E-state index in [2.05, 4.69) is 15.5 Å². The molecule has 0 aliphatic heterocycles. The molecule has 1 heterocycles. The molecule has 0 aliphatic rings. The van der Waals surface area contributed by atoms with Gasteiger partial charge in [0, 0.05) is 12.1 Å². The lowest BCUT2D eigenvalue weighted by Gasteiger charge is -2.13. The van der Waals surface area contributed by atoms with E-state index in [1.54, 1.807) is 0 Å². The highest BCUT2D eigenvalue weighted by Crippen LogP contribution is 2.38. The molecule has 136 valence electrons. The van der Waals surface area contributed by atoms with Crippen LogP contribution >= 0.6 is 0 Å². The zero-order valence-electron chi connectivity index (χ0n) is 12.8. The van der Waals surface area contributed by atoms with Crippen LogP contribution in [-0.2, 0) is 12.7 Å². The minimum absolute atomic E-state index is 0.0790. The molecule has 1 aromatic heterocycles. The minimum Gasteiger partial charge on any atom is -0.507 e. The Morgan fingerprint density at radius 3 is 2.20 bits per heavy atom. The number of aromatic hydroxyl groups is 1. The van der Waals surface area contributed by atoms with Crippen LogP contribution in [0.3, 0.4) is 0 Å². The zero-order valence-corrected chi connectivity index (χ0v) is 12.8. The van der Waals surface area contributed by atoms with Crippen molar-refractivity contribution in [3.8, 4) is 17.0 Å². The van der Waals surface area contributed by atoms with Gasteiger partial charge in [0.05, 0.1) is 23.5 Å². The van der Waals surface area contributed by atoms with Gasteiger partial charge in [0.1, 0.15) is 5.75 Å². The van der Waals surface area contributed by atoms with E-state index in [0.717, 1.165) is 6.07 Å². The summed E-state index contributed by atoms with van der Waals surface area (Å²) in [4.78, 5) is 0. The van der Waals surface area contributed by atoms with Crippen LogP contribution in [0.25, 0.3) is 11.3 Å². The Morgan fingerprint density at radius 2 is 1.72 bits per heavy atom. The van der Waals surface area contributed by atoms with Crippen LogP contribution in [0.4, 0.5) is 26.3 Å². The van der Waals surface area contributed by atoms with Crippen LogP contribution < -0.4 is 5.32 Å². The fourth-order valence-corrected chi connectivity index (χ4v) is 2.19. The Kier molecular flexibility index (Phi) is 5.21. The van der Waals surface area contributed by atoms with E-state index in [0.29, 0.717) is 6.07 Å². The molecule has 10 heteroatoms. The number of benzene rings is 1. The molecule has 0 unspecified atom stereocenters. The fraction of sp³-hybridized carbons (Fsp3) is 0.333. The number of alkyl halides is 6. The molecule has 0 fully saturated rings. The Balaban J connectivity index is 2.20. The lowest BCUT2D eigenvalue weighted by atomic mass is 10.0. The van der Waals surface area contributed by atoms with Crippen LogP contribution in [0.5, 0.6) is 5.75 Å². The summed E-state index contributed by atoms with van der Waals surface area (Å²) in [5.74, 6) is -0.607. The molecular weight excluding hydrogens is 352 g/mol. The summed E-state index contributed by atoms with van der Waals surface area (Å²) in [5.41, 5.74) is -0.438. The molecule has 2 rings (SSSR count). The molecule has 1 aromatic carbocycles. The Hall–Kier alpha value is -2.36. The summed E-state index contributed by atoms with van der Waals surface area (Å²) in [6, 6.07) is 4.20. The van der Waals surface area contributed by atoms with Crippen molar-refractivity contribution >= 4 is 0 Å². The smallest absolute Gasteiger partial charge is 0.416 e. The van der Waals surface area contributed by atoms with Gasteiger partial charge >= 0.3 is 12.4 Å². The van der Waals surface area contributed by atoms with Gasteiger partial charge in [0.25, 0.3) is 0 Å². The number of phenols is 1. The van der Waals surface area contributed by atoms with Crippen LogP contribution in [0.2, 0.25) is 0 Å². The highest BCUT2D eigenvalue weighted by Gasteiger charge is 2.32. The molecule has 0 radical (unpaired) electrons. The second-order valence-corrected chi connectivity index (χ2v) is 5.31. The molecule has 4 nitrogen and oxygen atoms in total. The SMILES string of the molecule is Cc1cc(C(F)(F)F)cc(O)c1-c1ccc(CNCC(F)(F)F)nn1. The molecule has 0 saturated heterocycles. The zero-order chi connectivity index (χ0) is 18.8. The highest BCUT2D eigenvalue weighted by atomic mass is 19.4. The van der Waals surface area contributed by atoms with Gasteiger partial charge in [-0.2, -0.15) is 36.5 Å². The van der Waals surface area contributed by atoms with E-state index in [4.69, 9.17) is 0 Å². The van der Waals surface area contributed by atoms with Crippen molar-refractivity contribution in [1.29, 1.82) is 0 Å². The predicted octanol–water partition coefficient (Wildman–Crippen LogP) is 3.83. The van der Waals surface area contributed by atoms with Crippen molar-refractivity contribution in [2.45, 2.75) is 25.8 Å². The van der Waals surface area contributed by atoms with E-state index < -0.39 is 30.2 Å². The molecule has 2 N–H and O–H groups in total. The van der Waals surface area contributed by atoms with Crippen LogP contribution in [0.15, 0.2) is 24.3 Å². The maximum atomic E-state index is 12.7. The van der Waals surface area contributed by atoms with Crippen molar-refractivity contribution in [3.05, 3.63) is 41.1 Å². The van der Waals surface area contributed by atoms with Crippen LogP contribution in [-0.4, -0.2) is 28.0 Å². The standard InChI is InChI=1S/C15H13F6N3O/c1-8-4-9(15(19,20)21)5-12(25)13(8)11-3-2-10(23-24-11)6-22-7-14(16,17)18/h2-5,22,25H,6-7H2,1H3. The minimum atomic E-state index is -4.60. The maximum Gasteiger partial charge on any atom is 0.416 e. The van der Waals surface area contributed by atoms with Crippen LogP contribution in [0, 0.1) is 6.92 Å². The summed E-state index contributed by atoms with van der Waals surface area (Å²) < 4.78 is 74.3. The third-order valence-electron chi connectivity index (χ3n) is 3.25. The topological polar surface area (TPSA) is 58.0 Å². The van der Waals surface area contributed by atoms with Gasteiger partial charge in [0.15, 0.2) is 0 Å². The number of hydrogen-bond acceptors (Lipinski definition) is 4. The first-order chi connectivity index (χ1) is 11.5. The van der Waals surface area contributed by atoms with E-state index >= 15 is 0 Å². The maximum absolute atomic E-state index is 12.7. The first kappa shape index (κ1) is 19.0. The monoisotopic (exact) mass is 365 g/mol. The first-order valence-corrected chi connectivity index (χ1v) is 6.98. The van der Waals surface area contributed by atoms with Crippen molar-refractivity contribution in [2.75, 3.05) is 6.54 Å². The summed E-state index contributed by atoms with van der Waals surface area (Å²) in [5, 5.41) is 19.5. The number of nitrogens with one attached hydrogen (secondary N) is 1. The second-order valence-electron chi connectivity index (χ2n) is 5.31. The Morgan fingerprint density at radius 1 is 1.04 bits per heavy atom. The normalized spacial score (nSPS) is 12.4. The number of rotatable bonds is 4. The summed E-state index contributed by atoms with van der Waals surface area (Å²) in [6.45, 7) is 0.0186. The number of halogens is 6. The average molecular weight is 365 g/mol. The molecule has 0 saturated carbocycles. The summed E-state index contributed by atoms with van der Waals surface area (Å²) in [6.07, 6.45) is -8.95. The molecule has 2 aromatic rings. The van der Waals surface area contributed by atoms with E-state index in [1.807, 2.05) is 0 Å². The van der Waals surface area contributed by atoms with Gasteiger partial charge in [-0.05, 0) is 36.8 Å². The van der Waals surface area contributed by atoms with E-state index in [-0.39, 0.29) is 29.1 Å². The van der Waals surface area contributed by atoms with Gasteiger partial charge in [-0.3, -0.25) is 0 Å². The molecule has 0 aliphatic carbocycles. The first-order valence-electron chi connectivity index (χ1n) is 6.98. The van der Waals surface area contributed by atoms with Crippen molar-refractivity contribution in [3.63, 3.8) is 0 Å². The summed E-state index contributed by atoms with van der Waals surface area (Å²) in [7, 11) is 0. The third kappa shape index (κ3) is 5.05. The lowest BCUT2D eigenvalue weighted by molar-refractivity contribution is -0.137. The number of aromatic nitrogens is 2. The van der Waals surface area contributed by atoms with Gasteiger partial charge in [-0.1, -0.05) is 0 Å². The van der Waals surface area contributed by atoms with E-state index in [1.165, 1.54) is 19.1 Å². The average Bonchev–Trinajstić information content (AvgIpc) is 2.46. The van der Waals surface area contributed by atoms with Crippen molar-refractivity contribution in [1.82, 2.24) is 15.5 Å². The summed E-state index contributed by atoms with van der Waals surface area (Å²) >= 11 is 0. The molecule has 0 bridgehead atoms. The Bertz CT molecular complexity index is 717. The molecule has 0 atom stereocenters. The number of phenolic OH excluding ortho intramolecular Hbond substituents is 1. The quantitative estimate of drug-likeness (QED) is 0.809. The molecule has 0 amide bonds. The number of nitrogens with zero attached hydrogens (tertiary/aromatic N) is 2. The number of hydrogen-bond donors (Lipinski definition) is 2. The van der Waals surface area contributed by atoms with Gasteiger partial charge in [0.2, 0.25) is 0 Å². The fourth-order valence-electron chi connectivity index (χ4n) is 2.19. The van der Waals surface area contributed by atoms with Gasteiger partial charge < -0.3 is 10.4 Å².